The lowest BCUT2D eigenvalue weighted by Gasteiger charge is -2.27. The molecule has 8 heteroatoms. The lowest BCUT2D eigenvalue weighted by atomic mass is 9.82. The van der Waals surface area contributed by atoms with E-state index in [2.05, 4.69) is 5.32 Å². The first-order chi connectivity index (χ1) is 12.8. The monoisotopic (exact) mass is 395 g/mol. The van der Waals surface area contributed by atoms with Crippen LogP contribution in [-0.2, 0) is 21.1 Å². The molecular formula is C19H19F2NO4S. The lowest BCUT2D eigenvalue weighted by molar-refractivity contribution is -0.123. The van der Waals surface area contributed by atoms with Crippen molar-refractivity contribution in [2.45, 2.75) is 35.0 Å². The van der Waals surface area contributed by atoms with Gasteiger partial charge in [-0.3, -0.25) is 4.79 Å². The summed E-state index contributed by atoms with van der Waals surface area (Å²) in [5.74, 6) is -2.22. The normalized spacial score (nSPS) is 16.6. The molecule has 1 aliphatic carbocycles. The van der Waals surface area contributed by atoms with Crippen LogP contribution in [0.3, 0.4) is 0 Å². The standard InChI is InChI=1S/C19H19F2NO4S/c20-13-4-2-5-14(9-13)27(25,26)17-8-7-15-12(10-22-18(24)11-23)3-1-6-16(15)19(17)21/h2,4-5,7-9,12,23H,1,3,6,10-11H2,(H,22,24)/t12-/m0/s1. The third-order valence-electron chi connectivity index (χ3n) is 4.75. The summed E-state index contributed by atoms with van der Waals surface area (Å²) >= 11 is 0. The molecule has 5 nitrogen and oxygen atoms in total. The first kappa shape index (κ1) is 19.4. The van der Waals surface area contributed by atoms with Crippen molar-refractivity contribution >= 4 is 15.7 Å². The highest BCUT2D eigenvalue weighted by Gasteiger charge is 2.29. The summed E-state index contributed by atoms with van der Waals surface area (Å²) in [6.07, 6.45) is 1.75. The van der Waals surface area contributed by atoms with Gasteiger partial charge in [0, 0.05) is 12.5 Å². The van der Waals surface area contributed by atoms with E-state index in [0.717, 1.165) is 12.1 Å². The number of amides is 1. The molecule has 0 saturated heterocycles. The molecular weight excluding hydrogens is 376 g/mol. The molecule has 0 radical (unpaired) electrons. The molecule has 0 heterocycles. The molecule has 0 bridgehead atoms. The Morgan fingerprint density at radius 3 is 2.70 bits per heavy atom. The summed E-state index contributed by atoms with van der Waals surface area (Å²) in [5.41, 5.74) is 0.956. The second kappa shape index (κ2) is 7.74. The number of benzene rings is 2. The van der Waals surface area contributed by atoms with Crippen molar-refractivity contribution in [2.75, 3.05) is 13.2 Å². The van der Waals surface area contributed by atoms with Crippen molar-refractivity contribution < 1.29 is 27.1 Å². The Hall–Kier alpha value is -2.32. The van der Waals surface area contributed by atoms with Gasteiger partial charge in [-0.15, -0.1) is 0 Å². The fraction of sp³-hybridized carbons (Fsp3) is 0.316. The van der Waals surface area contributed by atoms with E-state index in [0.29, 0.717) is 30.4 Å². The van der Waals surface area contributed by atoms with Crippen LogP contribution in [0.15, 0.2) is 46.2 Å². The maximum Gasteiger partial charge on any atom is 0.245 e. The SMILES string of the molecule is O=C(CO)NC[C@@H]1CCCc2c1ccc(S(=O)(=O)c1cccc(F)c1)c2F. The molecule has 0 aliphatic heterocycles. The number of carbonyl (C=O) groups is 1. The topological polar surface area (TPSA) is 83.5 Å². The van der Waals surface area contributed by atoms with Crippen LogP contribution in [0.1, 0.15) is 29.9 Å². The first-order valence-corrected chi connectivity index (χ1v) is 10.0. The van der Waals surface area contributed by atoms with Crippen LogP contribution in [0.2, 0.25) is 0 Å². The Bertz CT molecular complexity index is 976. The maximum atomic E-state index is 15.1. The van der Waals surface area contributed by atoms with E-state index in [1.807, 2.05) is 0 Å². The Kier molecular flexibility index (Phi) is 5.57. The molecule has 0 spiro atoms. The van der Waals surface area contributed by atoms with E-state index in [1.54, 1.807) is 6.07 Å². The number of hydrogen-bond acceptors (Lipinski definition) is 4. The number of aliphatic hydroxyl groups is 1. The van der Waals surface area contributed by atoms with Crippen molar-refractivity contribution in [3.8, 4) is 0 Å². The highest BCUT2D eigenvalue weighted by molar-refractivity contribution is 7.91. The number of aliphatic hydroxyl groups excluding tert-OH is 1. The quantitative estimate of drug-likeness (QED) is 0.814. The first-order valence-electron chi connectivity index (χ1n) is 8.54. The molecule has 2 aromatic carbocycles. The van der Waals surface area contributed by atoms with Crippen LogP contribution in [-0.4, -0.2) is 32.6 Å². The largest absolute Gasteiger partial charge is 0.387 e. The number of nitrogens with one attached hydrogen (secondary N) is 1. The molecule has 0 fully saturated rings. The molecule has 1 atom stereocenters. The number of rotatable bonds is 5. The van der Waals surface area contributed by atoms with Crippen LogP contribution in [0, 0.1) is 11.6 Å². The van der Waals surface area contributed by atoms with Gasteiger partial charge in [0.05, 0.1) is 4.90 Å². The predicted octanol–water partition coefficient (Wildman–Crippen LogP) is 2.33. The summed E-state index contributed by atoms with van der Waals surface area (Å²) in [6, 6.07) is 7.22. The molecule has 2 aromatic rings. The van der Waals surface area contributed by atoms with Gasteiger partial charge in [-0.1, -0.05) is 12.1 Å². The Labute approximate surface area is 155 Å². The average Bonchev–Trinajstić information content (AvgIpc) is 2.66. The Morgan fingerprint density at radius 2 is 2.00 bits per heavy atom. The van der Waals surface area contributed by atoms with Crippen LogP contribution in [0.4, 0.5) is 8.78 Å². The minimum absolute atomic E-state index is 0.162. The number of hydrogen-bond donors (Lipinski definition) is 2. The number of fused-ring (bicyclic) bond motifs is 1. The van der Waals surface area contributed by atoms with Gasteiger partial charge in [-0.05, 0) is 54.7 Å². The van der Waals surface area contributed by atoms with Gasteiger partial charge in [0.1, 0.15) is 23.1 Å². The molecule has 1 amide bonds. The summed E-state index contributed by atoms with van der Waals surface area (Å²) in [5, 5.41) is 11.4. The second-order valence-corrected chi connectivity index (χ2v) is 8.38. The molecule has 0 saturated carbocycles. The Morgan fingerprint density at radius 1 is 1.22 bits per heavy atom. The number of halogens is 2. The van der Waals surface area contributed by atoms with E-state index in [1.165, 1.54) is 18.2 Å². The molecule has 2 N–H and O–H groups in total. The van der Waals surface area contributed by atoms with Crippen molar-refractivity contribution in [1.82, 2.24) is 5.32 Å². The van der Waals surface area contributed by atoms with Gasteiger partial charge in [0.25, 0.3) is 0 Å². The zero-order chi connectivity index (χ0) is 19.6. The zero-order valence-corrected chi connectivity index (χ0v) is 15.2. The van der Waals surface area contributed by atoms with Gasteiger partial charge >= 0.3 is 0 Å². The van der Waals surface area contributed by atoms with E-state index < -0.39 is 38.9 Å². The van der Waals surface area contributed by atoms with Crippen LogP contribution in [0.5, 0.6) is 0 Å². The summed E-state index contributed by atoms with van der Waals surface area (Å²) in [4.78, 5) is 10.5. The third-order valence-corrected chi connectivity index (χ3v) is 6.52. The van der Waals surface area contributed by atoms with Crippen molar-refractivity contribution in [2.24, 2.45) is 0 Å². The van der Waals surface area contributed by atoms with Gasteiger partial charge < -0.3 is 10.4 Å². The second-order valence-electron chi connectivity index (χ2n) is 6.46. The third kappa shape index (κ3) is 3.86. The van der Waals surface area contributed by atoms with Crippen molar-refractivity contribution in [3.63, 3.8) is 0 Å². The van der Waals surface area contributed by atoms with Gasteiger partial charge in [-0.25, -0.2) is 17.2 Å². The number of sulfone groups is 1. The van der Waals surface area contributed by atoms with Crippen LogP contribution < -0.4 is 5.32 Å². The van der Waals surface area contributed by atoms with E-state index in [-0.39, 0.29) is 17.4 Å². The van der Waals surface area contributed by atoms with Gasteiger partial charge in [0.2, 0.25) is 15.7 Å². The van der Waals surface area contributed by atoms with Gasteiger partial charge in [0.15, 0.2) is 0 Å². The molecule has 0 aromatic heterocycles. The summed E-state index contributed by atoms with van der Waals surface area (Å²) in [6.45, 7) is -0.388. The minimum Gasteiger partial charge on any atom is -0.387 e. The average molecular weight is 395 g/mol. The van der Waals surface area contributed by atoms with Crippen molar-refractivity contribution in [3.05, 3.63) is 59.2 Å². The predicted molar refractivity (Wildman–Crippen MR) is 94.0 cm³/mol. The van der Waals surface area contributed by atoms with Crippen LogP contribution >= 0.6 is 0 Å². The smallest absolute Gasteiger partial charge is 0.245 e. The molecule has 144 valence electrons. The molecule has 3 rings (SSSR count). The highest BCUT2D eigenvalue weighted by Crippen LogP contribution is 2.36. The van der Waals surface area contributed by atoms with Gasteiger partial charge in [-0.2, -0.15) is 0 Å². The van der Waals surface area contributed by atoms with Crippen molar-refractivity contribution in [1.29, 1.82) is 0 Å². The molecule has 27 heavy (non-hydrogen) atoms. The Balaban J connectivity index is 1.98. The molecule has 0 unspecified atom stereocenters. The fourth-order valence-electron chi connectivity index (χ4n) is 3.41. The number of carbonyl (C=O) groups excluding carboxylic acids is 1. The maximum absolute atomic E-state index is 15.1. The minimum atomic E-state index is -4.19. The highest BCUT2D eigenvalue weighted by atomic mass is 32.2. The fourth-order valence-corrected chi connectivity index (χ4v) is 4.79. The summed E-state index contributed by atoms with van der Waals surface area (Å²) < 4.78 is 54.0. The van der Waals surface area contributed by atoms with E-state index in [4.69, 9.17) is 5.11 Å². The van der Waals surface area contributed by atoms with E-state index >= 15 is 4.39 Å². The zero-order valence-electron chi connectivity index (χ0n) is 14.4. The lowest BCUT2D eigenvalue weighted by Crippen LogP contribution is -2.32. The van der Waals surface area contributed by atoms with Crippen LogP contribution in [0.25, 0.3) is 0 Å². The summed E-state index contributed by atoms with van der Waals surface area (Å²) in [7, 11) is -4.19. The van der Waals surface area contributed by atoms with E-state index in [9.17, 15) is 17.6 Å². The molecule has 1 aliphatic rings.